The summed E-state index contributed by atoms with van der Waals surface area (Å²) in [6, 6.07) is 10.6. The van der Waals surface area contributed by atoms with Gasteiger partial charge in [-0.3, -0.25) is 9.88 Å². The van der Waals surface area contributed by atoms with Gasteiger partial charge in [0.05, 0.1) is 0 Å². The number of likely N-dealkylation sites (tertiary alicyclic amines) is 1. The van der Waals surface area contributed by atoms with Gasteiger partial charge in [-0.25, -0.2) is 0 Å². The number of aromatic hydroxyl groups is 1. The molecular formula is C18H18N2OS. The summed E-state index contributed by atoms with van der Waals surface area (Å²) >= 11 is 1.83. The van der Waals surface area contributed by atoms with Crippen molar-refractivity contribution in [1.29, 1.82) is 0 Å². The smallest absolute Gasteiger partial charge is 0.120 e. The highest BCUT2D eigenvalue weighted by Gasteiger charge is 2.27. The van der Waals surface area contributed by atoms with E-state index in [-0.39, 0.29) is 0 Å². The van der Waals surface area contributed by atoms with Crippen LogP contribution in [0, 0.1) is 0 Å². The summed E-state index contributed by atoms with van der Waals surface area (Å²) in [6.45, 7) is 1.86. The van der Waals surface area contributed by atoms with Gasteiger partial charge in [0, 0.05) is 40.8 Å². The summed E-state index contributed by atoms with van der Waals surface area (Å²) in [5, 5.41) is 14.7. The lowest BCUT2D eigenvalue weighted by molar-refractivity contribution is 0.249. The summed E-state index contributed by atoms with van der Waals surface area (Å²) in [6.07, 6.45) is 6.07. The number of phenolic OH excluding ortho intramolecular Hbond substituents is 1. The van der Waals surface area contributed by atoms with E-state index in [1.807, 2.05) is 29.7 Å². The fourth-order valence-electron chi connectivity index (χ4n) is 3.40. The SMILES string of the molecule is Oc1ccc2ccncc2c1CN1CCC[C@H]1c1cccs1. The Balaban J connectivity index is 1.70. The molecule has 112 valence electrons. The maximum atomic E-state index is 10.3. The van der Waals surface area contributed by atoms with Crippen LogP contribution in [0.3, 0.4) is 0 Å². The molecule has 3 heterocycles. The van der Waals surface area contributed by atoms with Crippen LogP contribution >= 0.6 is 11.3 Å². The zero-order valence-electron chi connectivity index (χ0n) is 12.3. The molecule has 0 bridgehead atoms. The lowest BCUT2D eigenvalue weighted by Crippen LogP contribution is -2.22. The molecule has 22 heavy (non-hydrogen) atoms. The first-order chi connectivity index (χ1) is 10.8. The second-order valence-electron chi connectivity index (χ2n) is 5.80. The number of benzene rings is 1. The number of rotatable bonds is 3. The first-order valence-electron chi connectivity index (χ1n) is 7.65. The third-order valence-electron chi connectivity index (χ3n) is 4.51. The van der Waals surface area contributed by atoms with Crippen molar-refractivity contribution in [2.75, 3.05) is 6.54 Å². The molecule has 3 nitrogen and oxygen atoms in total. The van der Waals surface area contributed by atoms with E-state index in [1.54, 1.807) is 12.3 Å². The highest BCUT2D eigenvalue weighted by molar-refractivity contribution is 7.10. The van der Waals surface area contributed by atoms with Crippen LogP contribution in [0.4, 0.5) is 0 Å². The van der Waals surface area contributed by atoms with E-state index in [0.29, 0.717) is 11.8 Å². The monoisotopic (exact) mass is 310 g/mol. The van der Waals surface area contributed by atoms with Crippen molar-refractivity contribution in [2.45, 2.75) is 25.4 Å². The number of hydrogen-bond donors (Lipinski definition) is 1. The van der Waals surface area contributed by atoms with Gasteiger partial charge in [-0.1, -0.05) is 12.1 Å². The van der Waals surface area contributed by atoms with Crippen LogP contribution in [0.2, 0.25) is 0 Å². The number of aromatic nitrogens is 1. The quantitative estimate of drug-likeness (QED) is 0.782. The average molecular weight is 310 g/mol. The molecule has 2 aromatic heterocycles. The first-order valence-corrected chi connectivity index (χ1v) is 8.53. The zero-order chi connectivity index (χ0) is 14.9. The van der Waals surface area contributed by atoms with Crippen molar-refractivity contribution in [3.8, 4) is 5.75 Å². The van der Waals surface area contributed by atoms with E-state index in [0.717, 1.165) is 29.4 Å². The maximum absolute atomic E-state index is 10.3. The van der Waals surface area contributed by atoms with E-state index >= 15 is 0 Å². The number of pyridine rings is 1. The van der Waals surface area contributed by atoms with Crippen LogP contribution in [0.1, 0.15) is 29.3 Å². The summed E-state index contributed by atoms with van der Waals surface area (Å²) in [5.41, 5.74) is 0.994. The van der Waals surface area contributed by atoms with Crippen LogP contribution in [0.15, 0.2) is 48.1 Å². The highest BCUT2D eigenvalue weighted by atomic mass is 32.1. The molecule has 1 aliphatic rings. The van der Waals surface area contributed by atoms with Gasteiger partial charge < -0.3 is 5.11 Å². The molecule has 0 unspecified atom stereocenters. The van der Waals surface area contributed by atoms with Crippen LogP contribution in [-0.2, 0) is 6.54 Å². The highest BCUT2D eigenvalue weighted by Crippen LogP contribution is 2.37. The molecule has 4 heteroatoms. The summed E-state index contributed by atoms with van der Waals surface area (Å²) in [5.74, 6) is 0.373. The lowest BCUT2D eigenvalue weighted by atomic mass is 10.0. The molecular weight excluding hydrogens is 292 g/mol. The Morgan fingerprint density at radius 1 is 1.27 bits per heavy atom. The lowest BCUT2D eigenvalue weighted by Gasteiger charge is -2.24. The Morgan fingerprint density at radius 3 is 3.09 bits per heavy atom. The third kappa shape index (κ3) is 2.38. The summed E-state index contributed by atoms with van der Waals surface area (Å²) < 4.78 is 0. The minimum Gasteiger partial charge on any atom is -0.508 e. The Kier molecular flexibility index (Phi) is 3.56. The molecule has 1 saturated heterocycles. The second kappa shape index (κ2) is 5.71. The Bertz CT molecular complexity index is 785. The van der Waals surface area contributed by atoms with E-state index in [9.17, 15) is 5.11 Å². The van der Waals surface area contributed by atoms with Gasteiger partial charge in [0.1, 0.15) is 5.75 Å². The standard InChI is InChI=1S/C18H18N2OS/c21-17-6-5-13-7-8-19-11-14(13)15(17)12-20-9-1-3-16(20)18-4-2-10-22-18/h2,4-8,10-11,16,21H,1,3,9,12H2/t16-/m0/s1. The summed E-state index contributed by atoms with van der Waals surface area (Å²) in [7, 11) is 0. The van der Waals surface area contributed by atoms with E-state index in [4.69, 9.17) is 0 Å². The normalized spacial score (nSPS) is 19.0. The van der Waals surface area contributed by atoms with Gasteiger partial charge in [-0.2, -0.15) is 0 Å². The molecule has 1 N–H and O–H groups in total. The number of thiophene rings is 1. The molecule has 0 saturated carbocycles. The second-order valence-corrected chi connectivity index (χ2v) is 6.78. The van der Waals surface area contributed by atoms with Crippen LogP contribution < -0.4 is 0 Å². The molecule has 1 aromatic carbocycles. The Morgan fingerprint density at radius 2 is 2.23 bits per heavy atom. The zero-order valence-corrected chi connectivity index (χ0v) is 13.1. The fourth-order valence-corrected chi connectivity index (χ4v) is 4.29. The van der Waals surface area contributed by atoms with Gasteiger partial charge in [0.2, 0.25) is 0 Å². The first kappa shape index (κ1) is 13.7. The Hall–Kier alpha value is -1.91. The molecule has 3 aromatic rings. The van der Waals surface area contributed by atoms with E-state index < -0.39 is 0 Å². The van der Waals surface area contributed by atoms with Gasteiger partial charge in [-0.05, 0) is 48.4 Å². The predicted molar refractivity (Wildman–Crippen MR) is 90.1 cm³/mol. The molecule has 0 spiro atoms. The van der Waals surface area contributed by atoms with Crippen molar-refractivity contribution in [3.63, 3.8) is 0 Å². The molecule has 0 radical (unpaired) electrons. The van der Waals surface area contributed by atoms with Crippen molar-refractivity contribution < 1.29 is 5.11 Å². The minimum absolute atomic E-state index is 0.373. The predicted octanol–water partition coefficient (Wildman–Crippen LogP) is 4.34. The van der Waals surface area contributed by atoms with E-state index in [2.05, 4.69) is 27.4 Å². The third-order valence-corrected chi connectivity index (χ3v) is 5.48. The van der Waals surface area contributed by atoms with Gasteiger partial charge in [0.25, 0.3) is 0 Å². The number of fused-ring (bicyclic) bond motifs is 1. The van der Waals surface area contributed by atoms with Crippen LogP contribution in [0.5, 0.6) is 5.75 Å². The van der Waals surface area contributed by atoms with Gasteiger partial charge in [-0.15, -0.1) is 11.3 Å². The number of nitrogens with zero attached hydrogens (tertiary/aromatic N) is 2. The minimum atomic E-state index is 0.373. The van der Waals surface area contributed by atoms with Crippen molar-refractivity contribution in [3.05, 3.63) is 58.5 Å². The maximum Gasteiger partial charge on any atom is 0.120 e. The topological polar surface area (TPSA) is 36.4 Å². The molecule has 0 amide bonds. The molecule has 1 aliphatic heterocycles. The van der Waals surface area contributed by atoms with Crippen molar-refractivity contribution in [1.82, 2.24) is 9.88 Å². The van der Waals surface area contributed by atoms with Crippen molar-refractivity contribution >= 4 is 22.1 Å². The van der Waals surface area contributed by atoms with Crippen LogP contribution in [-0.4, -0.2) is 21.5 Å². The Labute approximate surface area is 133 Å². The molecule has 4 rings (SSSR count). The summed E-state index contributed by atoms with van der Waals surface area (Å²) in [4.78, 5) is 8.14. The molecule has 1 fully saturated rings. The van der Waals surface area contributed by atoms with Gasteiger partial charge >= 0.3 is 0 Å². The fraction of sp³-hybridized carbons (Fsp3) is 0.278. The average Bonchev–Trinajstić information content (AvgIpc) is 3.21. The number of hydrogen-bond acceptors (Lipinski definition) is 4. The number of phenols is 1. The van der Waals surface area contributed by atoms with Crippen molar-refractivity contribution in [2.24, 2.45) is 0 Å². The molecule has 0 aliphatic carbocycles. The van der Waals surface area contributed by atoms with Gasteiger partial charge in [0.15, 0.2) is 0 Å². The largest absolute Gasteiger partial charge is 0.508 e. The van der Waals surface area contributed by atoms with Crippen LogP contribution in [0.25, 0.3) is 10.8 Å². The van der Waals surface area contributed by atoms with E-state index in [1.165, 1.54) is 17.7 Å². The molecule has 1 atom stereocenters.